The van der Waals surface area contributed by atoms with Crippen molar-refractivity contribution >= 4 is 8.07 Å². The lowest BCUT2D eigenvalue weighted by Gasteiger charge is -2.30. The first-order valence-corrected chi connectivity index (χ1v) is 10.6. The van der Waals surface area contributed by atoms with Crippen LogP contribution in [0.25, 0.3) is 0 Å². The molecule has 0 fully saturated rings. The van der Waals surface area contributed by atoms with Crippen LogP contribution in [0.2, 0.25) is 19.6 Å². The van der Waals surface area contributed by atoms with Gasteiger partial charge in [0.15, 0.2) is 0 Å². The Balaban J connectivity index is 2.38. The first-order valence-electron chi connectivity index (χ1n) is 7.04. The summed E-state index contributed by atoms with van der Waals surface area (Å²) in [5.41, 5.74) is 3.23. The van der Waals surface area contributed by atoms with E-state index in [0.717, 1.165) is 12.2 Å². The van der Waals surface area contributed by atoms with E-state index in [0.29, 0.717) is 5.54 Å². The Kier molecular flexibility index (Phi) is 4.60. The SMILES string of the molecule is COc1ccccc1C(Cc1ccncc1)[Si](C)(C)C. The molecular weight excluding hydrogens is 262 g/mol. The molecule has 0 spiro atoms. The van der Waals surface area contributed by atoms with Crippen LogP contribution in [0.1, 0.15) is 16.7 Å². The molecule has 0 aliphatic rings. The number of rotatable bonds is 5. The Bertz CT molecular complexity index is 548. The van der Waals surface area contributed by atoms with Gasteiger partial charge in [-0.05, 0) is 41.3 Å². The quantitative estimate of drug-likeness (QED) is 0.764. The average Bonchev–Trinajstić information content (AvgIpc) is 2.45. The maximum atomic E-state index is 5.57. The van der Waals surface area contributed by atoms with Gasteiger partial charge in [-0.25, -0.2) is 0 Å². The van der Waals surface area contributed by atoms with Gasteiger partial charge in [-0.2, -0.15) is 0 Å². The second-order valence-electron chi connectivity index (χ2n) is 6.22. The van der Waals surface area contributed by atoms with Crippen molar-refractivity contribution in [2.75, 3.05) is 7.11 Å². The highest BCUT2D eigenvalue weighted by atomic mass is 28.3. The maximum absolute atomic E-state index is 5.57. The van der Waals surface area contributed by atoms with Crippen molar-refractivity contribution in [3.8, 4) is 5.75 Å². The van der Waals surface area contributed by atoms with Crippen LogP contribution >= 0.6 is 0 Å². The Morgan fingerprint density at radius 2 is 1.70 bits per heavy atom. The van der Waals surface area contributed by atoms with E-state index in [9.17, 15) is 0 Å². The van der Waals surface area contributed by atoms with E-state index in [2.05, 4.69) is 55.0 Å². The number of methoxy groups -OCH3 is 1. The minimum Gasteiger partial charge on any atom is -0.496 e. The zero-order chi connectivity index (χ0) is 14.6. The number of para-hydroxylation sites is 1. The number of hydrogen-bond donors (Lipinski definition) is 0. The lowest BCUT2D eigenvalue weighted by molar-refractivity contribution is 0.408. The summed E-state index contributed by atoms with van der Waals surface area (Å²) >= 11 is 0. The Hall–Kier alpha value is -1.61. The number of benzene rings is 1. The first-order chi connectivity index (χ1) is 9.52. The first kappa shape index (κ1) is 14.8. The minimum absolute atomic E-state index is 0.543. The van der Waals surface area contributed by atoms with Gasteiger partial charge < -0.3 is 4.74 Å². The molecule has 0 N–H and O–H groups in total. The van der Waals surface area contributed by atoms with Gasteiger partial charge in [0.25, 0.3) is 0 Å². The van der Waals surface area contributed by atoms with Crippen molar-refractivity contribution in [2.45, 2.75) is 31.6 Å². The van der Waals surface area contributed by atoms with E-state index < -0.39 is 8.07 Å². The largest absolute Gasteiger partial charge is 0.496 e. The maximum Gasteiger partial charge on any atom is 0.122 e. The third-order valence-corrected chi connectivity index (χ3v) is 6.35. The van der Waals surface area contributed by atoms with Crippen LogP contribution in [-0.4, -0.2) is 20.2 Å². The fourth-order valence-corrected chi connectivity index (χ4v) is 4.61. The summed E-state index contributed by atoms with van der Waals surface area (Å²) in [4.78, 5) is 4.11. The van der Waals surface area contributed by atoms with E-state index in [1.165, 1.54) is 11.1 Å². The molecule has 106 valence electrons. The van der Waals surface area contributed by atoms with Crippen molar-refractivity contribution in [3.63, 3.8) is 0 Å². The molecule has 1 aromatic carbocycles. The summed E-state index contributed by atoms with van der Waals surface area (Å²) in [7, 11) is 0.398. The normalized spacial score (nSPS) is 13.0. The highest BCUT2D eigenvalue weighted by Crippen LogP contribution is 2.35. The molecule has 1 heterocycles. The molecule has 0 saturated heterocycles. The number of aromatic nitrogens is 1. The predicted octanol–water partition coefficient (Wildman–Crippen LogP) is 4.29. The number of pyridine rings is 1. The fourth-order valence-electron chi connectivity index (χ4n) is 2.59. The topological polar surface area (TPSA) is 22.1 Å². The molecule has 1 atom stereocenters. The highest BCUT2D eigenvalue weighted by molar-refractivity contribution is 6.77. The summed E-state index contributed by atoms with van der Waals surface area (Å²) in [6.45, 7) is 7.27. The third-order valence-electron chi connectivity index (χ3n) is 3.75. The summed E-state index contributed by atoms with van der Waals surface area (Å²) in [6.07, 6.45) is 4.80. The summed E-state index contributed by atoms with van der Waals surface area (Å²) in [5.74, 6) is 1.01. The standard InChI is InChI=1S/C17H23NOSi/c1-19-16-8-6-5-7-15(16)17(20(2,3)4)13-14-9-11-18-12-10-14/h5-12,17H,13H2,1-4H3. The van der Waals surface area contributed by atoms with Crippen LogP contribution in [-0.2, 0) is 6.42 Å². The van der Waals surface area contributed by atoms with Gasteiger partial charge in [0, 0.05) is 12.4 Å². The molecule has 1 aromatic heterocycles. The fraction of sp³-hybridized carbons (Fsp3) is 0.353. The zero-order valence-corrected chi connectivity index (χ0v) is 13.8. The van der Waals surface area contributed by atoms with Gasteiger partial charge >= 0.3 is 0 Å². The molecule has 0 saturated carbocycles. The van der Waals surface area contributed by atoms with E-state index in [1.54, 1.807) is 7.11 Å². The second-order valence-corrected chi connectivity index (χ2v) is 11.6. The Labute approximate surface area is 122 Å². The lowest BCUT2D eigenvalue weighted by Crippen LogP contribution is -2.32. The second kappa shape index (κ2) is 6.22. The smallest absolute Gasteiger partial charge is 0.122 e. The molecule has 0 radical (unpaired) electrons. The van der Waals surface area contributed by atoms with Crippen LogP contribution in [0.5, 0.6) is 5.75 Å². The molecule has 0 aliphatic carbocycles. The molecule has 2 rings (SSSR count). The number of ether oxygens (including phenoxy) is 1. The van der Waals surface area contributed by atoms with Crippen LogP contribution in [0.3, 0.4) is 0 Å². The van der Waals surface area contributed by atoms with E-state index in [-0.39, 0.29) is 0 Å². The molecule has 0 bridgehead atoms. The van der Waals surface area contributed by atoms with Gasteiger partial charge in [0.2, 0.25) is 0 Å². The predicted molar refractivity (Wildman–Crippen MR) is 87.0 cm³/mol. The van der Waals surface area contributed by atoms with Crippen molar-refractivity contribution in [1.29, 1.82) is 0 Å². The van der Waals surface area contributed by atoms with Crippen LogP contribution < -0.4 is 4.74 Å². The van der Waals surface area contributed by atoms with Gasteiger partial charge in [-0.1, -0.05) is 37.8 Å². The van der Waals surface area contributed by atoms with Crippen LogP contribution in [0.15, 0.2) is 48.8 Å². The third kappa shape index (κ3) is 3.48. The van der Waals surface area contributed by atoms with Gasteiger partial charge in [-0.3, -0.25) is 4.98 Å². The molecule has 2 aromatic rings. The molecule has 0 amide bonds. The van der Waals surface area contributed by atoms with Crippen molar-refractivity contribution in [2.24, 2.45) is 0 Å². The summed E-state index contributed by atoms with van der Waals surface area (Å²) in [5, 5.41) is 0. The lowest BCUT2D eigenvalue weighted by atomic mass is 10.0. The molecule has 0 aliphatic heterocycles. The average molecular weight is 285 g/mol. The molecule has 20 heavy (non-hydrogen) atoms. The van der Waals surface area contributed by atoms with Crippen LogP contribution in [0.4, 0.5) is 0 Å². The van der Waals surface area contributed by atoms with Crippen LogP contribution in [0, 0.1) is 0 Å². The minimum atomic E-state index is -1.36. The van der Waals surface area contributed by atoms with Crippen molar-refractivity contribution in [1.82, 2.24) is 4.98 Å². The molecular formula is C17H23NOSi. The van der Waals surface area contributed by atoms with Crippen molar-refractivity contribution in [3.05, 3.63) is 59.9 Å². The number of hydrogen-bond acceptors (Lipinski definition) is 2. The number of nitrogens with zero attached hydrogens (tertiary/aromatic N) is 1. The van der Waals surface area contributed by atoms with Gasteiger partial charge in [0.1, 0.15) is 5.75 Å². The summed E-state index contributed by atoms with van der Waals surface area (Å²) in [6, 6.07) is 12.6. The zero-order valence-electron chi connectivity index (χ0n) is 12.8. The van der Waals surface area contributed by atoms with Gasteiger partial charge in [0.05, 0.1) is 15.2 Å². The van der Waals surface area contributed by atoms with E-state index >= 15 is 0 Å². The highest BCUT2D eigenvalue weighted by Gasteiger charge is 2.30. The van der Waals surface area contributed by atoms with Crippen molar-refractivity contribution < 1.29 is 4.74 Å². The Morgan fingerprint density at radius 1 is 1.05 bits per heavy atom. The summed E-state index contributed by atoms with van der Waals surface area (Å²) < 4.78 is 5.57. The molecule has 2 nitrogen and oxygen atoms in total. The van der Waals surface area contributed by atoms with E-state index in [1.807, 2.05) is 18.5 Å². The molecule has 3 heteroatoms. The van der Waals surface area contributed by atoms with E-state index in [4.69, 9.17) is 4.74 Å². The monoisotopic (exact) mass is 285 g/mol. The molecule has 1 unspecified atom stereocenters. The Morgan fingerprint density at radius 3 is 2.30 bits per heavy atom. The van der Waals surface area contributed by atoms with Gasteiger partial charge in [-0.15, -0.1) is 0 Å².